The normalized spacial score (nSPS) is 16.4. The first kappa shape index (κ1) is 21.9. The van der Waals surface area contributed by atoms with Gasteiger partial charge in [-0.05, 0) is 36.8 Å². The van der Waals surface area contributed by atoms with E-state index in [9.17, 15) is 20.0 Å². The van der Waals surface area contributed by atoms with Gasteiger partial charge < -0.3 is 9.84 Å². The van der Waals surface area contributed by atoms with Gasteiger partial charge in [0, 0.05) is 17.2 Å². The Morgan fingerprint density at radius 3 is 2.73 bits per heavy atom. The molecule has 0 saturated heterocycles. The summed E-state index contributed by atoms with van der Waals surface area (Å²) in [5.41, 5.74) is 0.634. The molecule has 1 heterocycles. The summed E-state index contributed by atoms with van der Waals surface area (Å²) < 4.78 is 5.04. The minimum Gasteiger partial charge on any atom is -0.506 e. The summed E-state index contributed by atoms with van der Waals surface area (Å²) in [6.45, 7) is 1.75. The molecule has 0 atom stereocenters. The fourth-order valence-electron chi connectivity index (χ4n) is 2.55. The molecular formula is C20H14Cl2N2O5S. The van der Waals surface area contributed by atoms with Crippen molar-refractivity contribution in [3.63, 3.8) is 0 Å². The van der Waals surface area contributed by atoms with Gasteiger partial charge >= 0.3 is 5.97 Å². The average molecular weight is 465 g/mol. The summed E-state index contributed by atoms with van der Waals surface area (Å²) >= 11 is 13.1. The van der Waals surface area contributed by atoms with Gasteiger partial charge in [0.2, 0.25) is 0 Å². The smallest absolute Gasteiger partial charge is 0.344 e. The van der Waals surface area contributed by atoms with Gasteiger partial charge in [0.15, 0.2) is 0 Å². The van der Waals surface area contributed by atoms with Gasteiger partial charge in [-0.1, -0.05) is 47.1 Å². The molecule has 2 aromatic rings. The number of aliphatic hydroxyl groups excluding tert-OH is 1. The molecule has 2 aromatic carbocycles. The van der Waals surface area contributed by atoms with Crippen LogP contribution in [0.25, 0.3) is 6.08 Å². The number of benzene rings is 2. The van der Waals surface area contributed by atoms with Gasteiger partial charge in [-0.25, -0.2) is 9.79 Å². The van der Waals surface area contributed by atoms with Gasteiger partial charge in [0.1, 0.15) is 16.4 Å². The van der Waals surface area contributed by atoms with E-state index in [2.05, 4.69) is 4.99 Å². The van der Waals surface area contributed by atoms with E-state index in [1.54, 1.807) is 25.1 Å². The molecule has 1 N–H and O–H groups in total. The van der Waals surface area contributed by atoms with Crippen LogP contribution in [0.1, 0.15) is 12.5 Å². The number of esters is 1. The SMILES string of the molecule is CCOC(=O)C1=C(O)/C(=C/c2cccc([N+](=O)[O-])c2)SC1=Nc1ccc(Cl)cc1Cl. The van der Waals surface area contributed by atoms with E-state index in [1.165, 1.54) is 30.3 Å². The number of nitro groups is 1. The monoisotopic (exact) mass is 464 g/mol. The third-order valence-corrected chi connectivity index (χ3v) is 5.44. The summed E-state index contributed by atoms with van der Waals surface area (Å²) in [5.74, 6) is -1.07. The van der Waals surface area contributed by atoms with E-state index < -0.39 is 10.9 Å². The Kier molecular flexibility index (Phi) is 6.81. The molecule has 3 rings (SSSR count). The summed E-state index contributed by atoms with van der Waals surface area (Å²) in [6, 6.07) is 10.6. The zero-order valence-corrected chi connectivity index (χ0v) is 17.8. The maximum absolute atomic E-state index is 12.4. The third-order valence-electron chi connectivity index (χ3n) is 3.88. The average Bonchev–Trinajstić information content (AvgIpc) is 2.99. The fourth-order valence-corrected chi connectivity index (χ4v) is 4.03. The number of carbonyl (C=O) groups excluding carboxylic acids is 1. The van der Waals surface area contributed by atoms with E-state index in [1.807, 2.05) is 0 Å². The molecule has 0 radical (unpaired) electrons. The number of hydrogen-bond acceptors (Lipinski definition) is 7. The lowest BCUT2D eigenvalue weighted by molar-refractivity contribution is -0.384. The number of carbonyl (C=O) groups is 1. The zero-order chi connectivity index (χ0) is 21.8. The van der Waals surface area contributed by atoms with Crippen molar-refractivity contribution in [3.8, 4) is 0 Å². The molecule has 154 valence electrons. The van der Waals surface area contributed by atoms with Crippen LogP contribution >= 0.6 is 35.0 Å². The Hall–Kier alpha value is -2.81. The minimum atomic E-state index is -0.742. The third kappa shape index (κ3) is 4.84. The first-order valence-corrected chi connectivity index (χ1v) is 10.2. The van der Waals surface area contributed by atoms with Crippen molar-refractivity contribution >= 4 is 63.4 Å². The van der Waals surface area contributed by atoms with Crippen molar-refractivity contribution in [3.05, 3.63) is 84.4 Å². The predicted octanol–water partition coefficient (Wildman–Crippen LogP) is 6.09. The van der Waals surface area contributed by atoms with Gasteiger partial charge in [-0.3, -0.25) is 10.1 Å². The van der Waals surface area contributed by atoms with Crippen LogP contribution in [0.4, 0.5) is 11.4 Å². The van der Waals surface area contributed by atoms with Crippen LogP contribution in [-0.4, -0.2) is 27.6 Å². The van der Waals surface area contributed by atoms with Crippen molar-refractivity contribution in [2.75, 3.05) is 6.61 Å². The maximum Gasteiger partial charge on any atom is 0.344 e. The molecule has 7 nitrogen and oxygen atoms in total. The van der Waals surface area contributed by atoms with E-state index in [4.69, 9.17) is 27.9 Å². The molecule has 0 bridgehead atoms. The molecule has 0 aromatic heterocycles. The summed E-state index contributed by atoms with van der Waals surface area (Å²) in [7, 11) is 0. The first-order chi connectivity index (χ1) is 14.3. The molecule has 0 fully saturated rings. The highest BCUT2D eigenvalue weighted by molar-refractivity contribution is 8.18. The fraction of sp³-hybridized carbons (Fsp3) is 0.100. The maximum atomic E-state index is 12.4. The molecule has 0 aliphatic carbocycles. The minimum absolute atomic E-state index is 0.0942. The molecule has 10 heteroatoms. The number of non-ortho nitro benzene ring substituents is 1. The number of halogens is 2. The van der Waals surface area contributed by atoms with Crippen LogP contribution in [0.3, 0.4) is 0 Å². The van der Waals surface area contributed by atoms with Gasteiger partial charge in [0.05, 0.1) is 27.1 Å². The number of nitrogens with zero attached hydrogens (tertiary/aromatic N) is 2. The van der Waals surface area contributed by atoms with Crippen LogP contribution in [-0.2, 0) is 9.53 Å². The van der Waals surface area contributed by atoms with Gasteiger partial charge in [0.25, 0.3) is 5.69 Å². The van der Waals surface area contributed by atoms with Crippen LogP contribution < -0.4 is 0 Å². The van der Waals surface area contributed by atoms with Crippen LogP contribution in [0, 0.1) is 10.1 Å². The largest absolute Gasteiger partial charge is 0.506 e. The lowest BCUT2D eigenvalue weighted by Crippen LogP contribution is -2.12. The van der Waals surface area contributed by atoms with Crippen LogP contribution in [0.5, 0.6) is 0 Å². The van der Waals surface area contributed by atoms with Gasteiger partial charge in [-0.2, -0.15) is 0 Å². The Labute approximate surface area is 185 Å². The summed E-state index contributed by atoms with van der Waals surface area (Å²) in [4.78, 5) is 27.6. The highest BCUT2D eigenvalue weighted by Crippen LogP contribution is 2.41. The lowest BCUT2D eigenvalue weighted by atomic mass is 10.1. The topological polar surface area (TPSA) is 102 Å². The molecular weight excluding hydrogens is 451 g/mol. The van der Waals surface area contributed by atoms with Crippen molar-refractivity contribution in [1.29, 1.82) is 0 Å². The second-order valence-electron chi connectivity index (χ2n) is 5.92. The highest BCUT2D eigenvalue weighted by Gasteiger charge is 2.33. The molecule has 1 aliphatic rings. The van der Waals surface area contributed by atoms with Crippen LogP contribution in [0.2, 0.25) is 10.0 Å². The Morgan fingerprint density at radius 2 is 2.07 bits per heavy atom. The number of hydrogen-bond donors (Lipinski definition) is 1. The number of aliphatic hydroxyl groups is 1. The number of ether oxygens (including phenoxy) is 1. The predicted molar refractivity (Wildman–Crippen MR) is 119 cm³/mol. The molecule has 0 amide bonds. The Balaban J connectivity index is 2.07. The standard InChI is InChI=1S/C20H14Cl2N2O5S/c1-2-29-20(26)17-18(25)16(9-11-4-3-5-13(8-11)24(27)28)30-19(17)23-15-7-6-12(21)10-14(15)22/h3-10,25H,2H2,1H3/b16-9-,23-19?. The number of thioether (sulfide) groups is 1. The highest BCUT2D eigenvalue weighted by atomic mass is 35.5. The van der Waals surface area contributed by atoms with E-state index in [0.29, 0.717) is 21.2 Å². The van der Waals surface area contributed by atoms with E-state index >= 15 is 0 Å². The number of rotatable bonds is 5. The second kappa shape index (κ2) is 9.34. The van der Waals surface area contributed by atoms with Gasteiger partial charge in [-0.15, -0.1) is 0 Å². The van der Waals surface area contributed by atoms with Crippen molar-refractivity contribution < 1.29 is 19.6 Å². The van der Waals surface area contributed by atoms with Crippen LogP contribution in [0.15, 0.2) is 63.7 Å². The van der Waals surface area contributed by atoms with Crippen molar-refractivity contribution in [2.45, 2.75) is 6.92 Å². The quantitative estimate of drug-likeness (QED) is 0.326. The lowest BCUT2D eigenvalue weighted by Gasteiger charge is -2.05. The van der Waals surface area contributed by atoms with E-state index in [-0.39, 0.29) is 33.7 Å². The zero-order valence-electron chi connectivity index (χ0n) is 15.5. The molecule has 1 aliphatic heterocycles. The summed E-state index contributed by atoms with van der Waals surface area (Å²) in [5, 5.41) is 22.6. The molecule has 30 heavy (non-hydrogen) atoms. The molecule has 0 unspecified atom stereocenters. The number of aliphatic imine (C=N–C) groups is 1. The second-order valence-corrected chi connectivity index (χ2v) is 7.79. The van der Waals surface area contributed by atoms with E-state index in [0.717, 1.165) is 11.8 Å². The molecule has 0 spiro atoms. The number of nitro benzene ring substituents is 1. The molecule has 0 saturated carbocycles. The Morgan fingerprint density at radius 1 is 1.30 bits per heavy atom. The summed E-state index contributed by atoms with van der Waals surface area (Å²) in [6.07, 6.45) is 1.53. The Bertz CT molecular complexity index is 1130. The van der Waals surface area contributed by atoms with Crippen molar-refractivity contribution in [2.24, 2.45) is 4.99 Å². The van der Waals surface area contributed by atoms with Crippen molar-refractivity contribution in [1.82, 2.24) is 0 Å². The first-order valence-electron chi connectivity index (χ1n) is 8.59.